The van der Waals surface area contributed by atoms with Crippen LogP contribution in [0.15, 0.2) is 55.4 Å². The molecule has 1 unspecified atom stereocenters. The van der Waals surface area contributed by atoms with E-state index in [4.69, 9.17) is 10.00 Å². The minimum atomic E-state index is -1.05. The van der Waals surface area contributed by atoms with Crippen LogP contribution >= 0.6 is 0 Å². The number of carbonyl (C=O) groups excluding carboxylic acids is 4. The van der Waals surface area contributed by atoms with Crippen molar-refractivity contribution in [1.82, 2.24) is 15.2 Å². The molecule has 0 aliphatic carbocycles. The Hall–Kier alpha value is -4.19. The zero-order valence-electron chi connectivity index (χ0n) is 21.0. The molecule has 1 aromatic heterocycles. The van der Waals surface area contributed by atoms with Crippen LogP contribution in [0.4, 0.5) is 0 Å². The SMILES string of the molecule is C=CCOC(=O)[C@@H](CC(=O)NC(C(=O)NC)C(C)(C)C)n1ccc(C(=O)Cc2ccc(C#N)cc2)c1. The molecular formula is C27H32N4O5. The second-order valence-corrected chi connectivity index (χ2v) is 9.38. The number of hydrogen-bond donors (Lipinski definition) is 2. The van der Waals surface area contributed by atoms with Gasteiger partial charge >= 0.3 is 5.97 Å². The van der Waals surface area contributed by atoms with E-state index in [0.29, 0.717) is 11.1 Å². The van der Waals surface area contributed by atoms with Crippen LogP contribution < -0.4 is 10.6 Å². The smallest absolute Gasteiger partial charge is 0.329 e. The molecule has 0 fully saturated rings. The Morgan fingerprint density at radius 1 is 1.17 bits per heavy atom. The number of nitrogens with one attached hydrogen (secondary N) is 2. The highest BCUT2D eigenvalue weighted by molar-refractivity contribution is 5.97. The summed E-state index contributed by atoms with van der Waals surface area (Å²) in [5.74, 6) is -1.72. The van der Waals surface area contributed by atoms with Crippen molar-refractivity contribution in [3.05, 3.63) is 72.1 Å². The minimum Gasteiger partial charge on any atom is -0.460 e. The molecule has 2 atom stereocenters. The maximum absolute atomic E-state index is 12.9. The number of Topliss-reactive ketones (excluding diaryl/α,β-unsaturated/α-hetero) is 1. The molecule has 0 radical (unpaired) electrons. The van der Waals surface area contributed by atoms with Crippen molar-refractivity contribution >= 4 is 23.6 Å². The maximum Gasteiger partial charge on any atom is 0.329 e. The molecule has 0 spiro atoms. The molecule has 2 rings (SSSR count). The summed E-state index contributed by atoms with van der Waals surface area (Å²) < 4.78 is 6.65. The van der Waals surface area contributed by atoms with Crippen LogP contribution in [0, 0.1) is 16.7 Å². The summed E-state index contributed by atoms with van der Waals surface area (Å²) in [6.45, 7) is 8.95. The first kappa shape index (κ1) is 28.1. The fraction of sp³-hybridized carbons (Fsp3) is 0.370. The number of ketones is 1. The number of esters is 1. The third-order valence-corrected chi connectivity index (χ3v) is 5.52. The number of likely N-dealkylation sites (N-methyl/N-ethyl adjacent to an activating group) is 1. The summed E-state index contributed by atoms with van der Waals surface area (Å²) in [6, 6.07) is 8.45. The zero-order chi connectivity index (χ0) is 26.9. The number of nitriles is 1. The van der Waals surface area contributed by atoms with E-state index in [1.807, 2.05) is 26.8 Å². The van der Waals surface area contributed by atoms with E-state index in [-0.39, 0.29) is 31.1 Å². The summed E-state index contributed by atoms with van der Waals surface area (Å²) in [5.41, 5.74) is 1.05. The summed E-state index contributed by atoms with van der Waals surface area (Å²) in [5, 5.41) is 14.2. The molecule has 2 N–H and O–H groups in total. The van der Waals surface area contributed by atoms with Gasteiger partial charge in [-0.1, -0.05) is 45.6 Å². The van der Waals surface area contributed by atoms with Gasteiger partial charge in [-0.3, -0.25) is 14.4 Å². The summed E-state index contributed by atoms with van der Waals surface area (Å²) in [4.78, 5) is 50.8. The van der Waals surface area contributed by atoms with Gasteiger partial charge in [0.05, 0.1) is 18.1 Å². The van der Waals surface area contributed by atoms with Crippen LogP contribution in [0.1, 0.15) is 54.7 Å². The van der Waals surface area contributed by atoms with Crippen LogP contribution in [-0.2, 0) is 25.5 Å². The fourth-order valence-corrected chi connectivity index (χ4v) is 3.52. The number of amides is 2. The van der Waals surface area contributed by atoms with Gasteiger partial charge in [0, 0.05) is 31.4 Å². The molecule has 9 nitrogen and oxygen atoms in total. The Balaban J connectivity index is 2.22. The number of nitrogens with zero attached hydrogens (tertiary/aromatic N) is 2. The molecule has 2 aromatic rings. The summed E-state index contributed by atoms with van der Waals surface area (Å²) in [7, 11) is 1.49. The number of rotatable bonds is 11. The minimum absolute atomic E-state index is 0.0362. The lowest BCUT2D eigenvalue weighted by Gasteiger charge is -2.30. The van der Waals surface area contributed by atoms with Gasteiger partial charge in [-0.2, -0.15) is 5.26 Å². The molecule has 0 aliphatic heterocycles. The number of hydrogen-bond acceptors (Lipinski definition) is 6. The van der Waals surface area contributed by atoms with Gasteiger partial charge in [-0.05, 0) is 29.2 Å². The molecule has 36 heavy (non-hydrogen) atoms. The Labute approximate surface area is 211 Å². The predicted molar refractivity (Wildman–Crippen MR) is 134 cm³/mol. The number of benzene rings is 1. The third kappa shape index (κ3) is 7.67. The van der Waals surface area contributed by atoms with Crippen molar-refractivity contribution in [2.45, 2.75) is 45.7 Å². The van der Waals surface area contributed by atoms with Crippen LogP contribution in [0.2, 0.25) is 0 Å². The second-order valence-electron chi connectivity index (χ2n) is 9.38. The highest BCUT2D eigenvalue weighted by Crippen LogP contribution is 2.22. The number of aromatic nitrogens is 1. The highest BCUT2D eigenvalue weighted by Gasteiger charge is 2.34. The van der Waals surface area contributed by atoms with Crippen LogP contribution in [0.25, 0.3) is 0 Å². The van der Waals surface area contributed by atoms with Crippen molar-refractivity contribution in [2.24, 2.45) is 5.41 Å². The lowest BCUT2D eigenvalue weighted by atomic mass is 9.86. The van der Waals surface area contributed by atoms with Gasteiger partial charge in [-0.15, -0.1) is 0 Å². The molecule has 2 amide bonds. The van der Waals surface area contributed by atoms with Crippen molar-refractivity contribution in [3.8, 4) is 6.07 Å². The highest BCUT2D eigenvalue weighted by atomic mass is 16.5. The average molecular weight is 493 g/mol. The molecule has 190 valence electrons. The first-order valence-corrected chi connectivity index (χ1v) is 11.5. The molecule has 9 heteroatoms. The summed E-state index contributed by atoms with van der Waals surface area (Å²) >= 11 is 0. The van der Waals surface area contributed by atoms with Gasteiger partial charge < -0.3 is 19.9 Å². The van der Waals surface area contributed by atoms with Crippen LogP contribution in [-0.4, -0.2) is 47.8 Å². The predicted octanol–water partition coefficient (Wildman–Crippen LogP) is 2.72. The van der Waals surface area contributed by atoms with E-state index >= 15 is 0 Å². The van der Waals surface area contributed by atoms with Gasteiger partial charge in [0.2, 0.25) is 11.8 Å². The first-order chi connectivity index (χ1) is 17.0. The zero-order valence-corrected chi connectivity index (χ0v) is 21.0. The molecule has 0 bridgehead atoms. The molecule has 1 heterocycles. The Morgan fingerprint density at radius 2 is 1.83 bits per heavy atom. The monoisotopic (exact) mass is 492 g/mol. The van der Waals surface area contributed by atoms with Crippen LogP contribution in [0.5, 0.6) is 0 Å². The Morgan fingerprint density at radius 3 is 2.39 bits per heavy atom. The average Bonchev–Trinajstić information content (AvgIpc) is 3.33. The molecular weight excluding hydrogens is 460 g/mol. The molecule has 1 aromatic carbocycles. The normalized spacial score (nSPS) is 12.5. The Bertz CT molecular complexity index is 1150. The maximum atomic E-state index is 12.9. The van der Waals surface area contributed by atoms with Crippen molar-refractivity contribution in [1.29, 1.82) is 5.26 Å². The van der Waals surface area contributed by atoms with E-state index < -0.39 is 29.4 Å². The van der Waals surface area contributed by atoms with E-state index in [1.165, 1.54) is 23.9 Å². The van der Waals surface area contributed by atoms with Crippen molar-refractivity contribution in [3.63, 3.8) is 0 Å². The van der Waals surface area contributed by atoms with Gasteiger partial charge in [0.15, 0.2) is 5.78 Å². The van der Waals surface area contributed by atoms with Crippen molar-refractivity contribution in [2.75, 3.05) is 13.7 Å². The van der Waals surface area contributed by atoms with E-state index in [2.05, 4.69) is 17.2 Å². The van der Waals surface area contributed by atoms with Gasteiger partial charge in [0.1, 0.15) is 18.7 Å². The standard InChI is InChI=1S/C27H32N4O5/c1-6-13-36-26(35)21(15-23(33)30-24(25(34)29-5)27(2,3)4)31-12-11-20(17-31)22(32)14-18-7-9-19(16-28)10-8-18/h6-12,17,21,24H,1,13-15H2,2-5H3,(H,29,34)(H,30,33)/t21-,24?/m1/s1. The largest absolute Gasteiger partial charge is 0.460 e. The first-order valence-electron chi connectivity index (χ1n) is 11.5. The van der Waals surface area contributed by atoms with Crippen molar-refractivity contribution < 1.29 is 23.9 Å². The Kier molecular flexibility index (Phi) is 9.74. The van der Waals surface area contributed by atoms with Gasteiger partial charge in [-0.25, -0.2) is 4.79 Å². The molecule has 0 aliphatic rings. The number of ether oxygens (including phenoxy) is 1. The number of carbonyl (C=O) groups is 4. The van der Waals surface area contributed by atoms with Crippen LogP contribution in [0.3, 0.4) is 0 Å². The topological polar surface area (TPSA) is 130 Å². The third-order valence-electron chi connectivity index (χ3n) is 5.52. The fourth-order valence-electron chi connectivity index (χ4n) is 3.52. The lowest BCUT2D eigenvalue weighted by molar-refractivity contribution is -0.148. The molecule has 0 saturated heterocycles. The van der Waals surface area contributed by atoms with E-state index in [1.54, 1.807) is 36.5 Å². The van der Waals surface area contributed by atoms with E-state index in [0.717, 1.165) is 5.56 Å². The second kappa shape index (κ2) is 12.5. The summed E-state index contributed by atoms with van der Waals surface area (Å²) in [6.07, 6.45) is 4.27. The lowest BCUT2D eigenvalue weighted by Crippen LogP contribution is -2.53. The van der Waals surface area contributed by atoms with E-state index in [9.17, 15) is 19.2 Å². The van der Waals surface area contributed by atoms with Gasteiger partial charge in [0.25, 0.3) is 0 Å². The quantitative estimate of drug-likeness (QED) is 0.282. The molecule has 0 saturated carbocycles.